The minimum absolute atomic E-state index is 0.0356. The number of nitrogens with one attached hydrogen (secondary N) is 1. The van der Waals surface area contributed by atoms with Crippen LogP contribution in [0.5, 0.6) is 5.19 Å². The van der Waals surface area contributed by atoms with Crippen molar-refractivity contribution in [2.75, 3.05) is 26.2 Å². The Bertz CT molecular complexity index is 1210. The van der Waals surface area contributed by atoms with E-state index in [4.69, 9.17) is 4.74 Å². The third-order valence-corrected chi connectivity index (χ3v) is 8.41. The monoisotopic (exact) mass is 535 g/mol. The molecule has 0 spiro atoms. The fourth-order valence-corrected chi connectivity index (χ4v) is 6.31. The van der Waals surface area contributed by atoms with Crippen molar-refractivity contribution in [2.45, 2.75) is 64.1 Å². The van der Waals surface area contributed by atoms with Crippen LogP contribution in [0.3, 0.4) is 0 Å². The molecule has 200 valence electrons. The lowest BCUT2D eigenvalue weighted by Crippen LogP contribution is -2.38. The zero-order chi connectivity index (χ0) is 26.0. The highest BCUT2D eigenvalue weighted by atomic mass is 32.1. The molecule has 1 fully saturated rings. The van der Waals surface area contributed by atoms with E-state index in [1.54, 1.807) is 4.52 Å². The Kier molecular flexibility index (Phi) is 7.71. The Morgan fingerprint density at radius 1 is 1.22 bits per heavy atom. The molecule has 2 aliphatic rings. The van der Waals surface area contributed by atoms with Gasteiger partial charge in [0.25, 0.3) is 11.1 Å². The predicted molar refractivity (Wildman–Crippen MR) is 135 cm³/mol. The summed E-state index contributed by atoms with van der Waals surface area (Å²) in [5.41, 5.74) is 3.26. The number of carbonyl (C=O) groups excluding carboxylic acids is 1. The van der Waals surface area contributed by atoms with Gasteiger partial charge >= 0.3 is 6.18 Å². The molecule has 7 nitrogen and oxygen atoms in total. The lowest BCUT2D eigenvalue weighted by molar-refractivity contribution is -0.153. The summed E-state index contributed by atoms with van der Waals surface area (Å²) in [4.78, 5) is 20.7. The number of alkyl halides is 3. The Labute approximate surface area is 218 Å². The largest absolute Gasteiger partial charge is 0.460 e. The van der Waals surface area contributed by atoms with Gasteiger partial charge in [-0.2, -0.15) is 18.3 Å². The first-order chi connectivity index (χ1) is 17.7. The molecule has 0 saturated heterocycles. The number of hydrogen-bond acceptors (Lipinski definition) is 6. The normalized spacial score (nSPS) is 21.0. The first-order valence-corrected chi connectivity index (χ1v) is 13.7. The molecule has 3 aromatic rings. The molecule has 11 heteroatoms. The van der Waals surface area contributed by atoms with Crippen LogP contribution in [0.4, 0.5) is 13.2 Å². The number of rotatable bonds is 7. The van der Waals surface area contributed by atoms with E-state index in [2.05, 4.69) is 20.3 Å². The van der Waals surface area contributed by atoms with Crippen molar-refractivity contribution in [3.8, 4) is 5.19 Å². The van der Waals surface area contributed by atoms with E-state index in [1.165, 1.54) is 11.3 Å². The van der Waals surface area contributed by atoms with Crippen LogP contribution in [0, 0.1) is 12.8 Å². The van der Waals surface area contributed by atoms with Crippen molar-refractivity contribution in [3.05, 3.63) is 46.2 Å². The van der Waals surface area contributed by atoms with Crippen LogP contribution in [0.25, 0.3) is 5.52 Å². The molecule has 0 bridgehead atoms. The lowest BCUT2D eigenvalue weighted by Gasteiger charge is -2.30. The SMILES string of the molecule is Cc1cc2c(C(=O)N[C@H]3CC[C@H](CCN4CCc5nc(OCC(F)(F)F)sc5CC4)CC3)cccn2n1. The molecule has 1 amide bonds. The number of pyridine rings is 1. The minimum atomic E-state index is -4.35. The second kappa shape index (κ2) is 11.0. The number of hydrogen-bond donors (Lipinski definition) is 1. The van der Waals surface area contributed by atoms with Gasteiger partial charge in [-0.1, -0.05) is 11.3 Å². The summed E-state index contributed by atoms with van der Waals surface area (Å²) in [5, 5.41) is 7.75. The summed E-state index contributed by atoms with van der Waals surface area (Å²) in [6, 6.07) is 5.83. The molecule has 1 N–H and O–H groups in total. The maximum atomic E-state index is 12.9. The van der Waals surface area contributed by atoms with E-state index in [-0.39, 0.29) is 17.1 Å². The summed E-state index contributed by atoms with van der Waals surface area (Å²) in [6.45, 7) is 3.39. The van der Waals surface area contributed by atoms with Gasteiger partial charge < -0.3 is 15.0 Å². The lowest BCUT2D eigenvalue weighted by atomic mass is 9.84. The smallest absolute Gasteiger partial charge is 0.422 e. The van der Waals surface area contributed by atoms with Crippen LogP contribution in [-0.4, -0.2) is 63.9 Å². The van der Waals surface area contributed by atoms with Gasteiger partial charge in [-0.15, -0.1) is 0 Å². The molecule has 0 radical (unpaired) electrons. The molecule has 0 atom stereocenters. The minimum Gasteiger partial charge on any atom is -0.460 e. The van der Waals surface area contributed by atoms with Crippen molar-refractivity contribution in [1.29, 1.82) is 0 Å². The van der Waals surface area contributed by atoms with Gasteiger partial charge in [0.2, 0.25) is 0 Å². The Balaban J connectivity index is 1.04. The average molecular weight is 536 g/mol. The topological polar surface area (TPSA) is 71.8 Å². The molecule has 4 heterocycles. The summed E-state index contributed by atoms with van der Waals surface area (Å²) in [5.74, 6) is 0.610. The maximum absolute atomic E-state index is 12.9. The molecule has 3 aromatic heterocycles. The van der Waals surface area contributed by atoms with Crippen LogP contribution in [0.2, 0.25) is 0 Å². The second-order valence-electron chi connectivity index (χ2n) is 10.1. The van der Waals surface area contributed by atoms with Crippen LogP contribution < -0.4 is 10.1 Å². The zero-order valence-electron chi connectivity index (χ0n) is 20.9. The molecule has 0 unspecified atom stereocenters. The van der Waals surface area contributed by atoms with Gasteiger partial charge in [0.1, 0.15) is 0 Å². The summed E-state index contributed by atoms with van der Waals surface area (Å²) in [7, 11) is 0. The van der Waals surface area contributed by atoms with Gasteiger partial charge in [0, 0.05) is 36.6 Å². The van der Waals surface area contributed by atoms with Crippen molar-refractivity contribution >= 4 is 22.8 Å². The maximum Gasteiger partial charge on any atom is 0.422 e. The van der Waals surface area contributed by atoms with Crippen molar-refractivity contribution < 1.29 is 22.7 Å². The molecule has 1 saturated carbocycles. The van der Waals surface area contributed by atoms with Crippen LogP contribution in [0.1, 0.15) is 58.7 Å². The number of aryl methyl sites for hydroxylation is 1. The van der Waals surface area contributed by atoms with E-state index >= 15 is 0 Å². The summed E-state index contributed by atoms with van der Waals surface area (Å²) >= 11 is 1.24. The van der Waals surface area contributed by atoms with Crippen molar-refractivity contribution in [3.63, 3.8) is 0 Å². The first-order valence-electron chi connectivity index (χ1n) is 12.9. The van der Waals surface area contributed by atoms with Gasteiger partial charge in [0.05, 0.1) is 22.5 Å². The highest BCUT2D eigenvalue weighted by molar-refractivity contribution is 7.13. The molecular formula is C26H32F3N5O2S. The highest BCUT2D eigenvalue weighted by Gasteiger charge is 2.30. The number of fused-ring (bicyclic) bond motifs is 2. The number of carbonyl (C=O) groups is 1. The van der Waals surface area contributed by atoms with Crippen molar-refractivity contribution in [1.82, 2.24) is 24.8 Å². The van der Waals surface area contributed by atoms with E-state index < -0.39 is 12.8 Å². The predicted octanol–water partition coefficient (Wildman–Crippen LogP) is 4.82. The van der Waals surface area contributed by atoms with E-state index in [9.17, 15) is 18.0 Å². The van der Waals surface area contributed by atoms with Crippen LogP contribution in [0.15, 0.2) is 24.4 Å². The summed E-state index contributed by atoms with van der Waals surface area (Å²) in [6.07, 6.45) is 4.34. The molecule has 1 aliphatic carbocycles. The van der Waals surface area contributed by atoms with Gasteiger partial charge in [-0.25, -0.2) is 9.50 Å². The molecule has 5 rings (SSSR count). The quantitative estimate of drug-likeness (QED) is 0.470. The Morgan fingerprint density at radius 2 is 2.00 bits per heavy atom. The van der Waals surface area contributed by atoms with Crippen LogP contribution >= 0.6 is 11.3 Å². The Hall–Kier alpha value is -2.66. The number of aromatic nitrogens is 3. The number of amides is 1. The zero-order valence-corrected chi connectivity index (χ0v) is 21.7. The molecular weight excluding hydrogens is 503 g/mol. The number of thiazole rings is 1. The first kappa shape index (κ1) is 26.0. The molecule has 1 aliphatic heterocycles. The third kappa shape index (κ3) is 6.62. The fraction of sp³-hybridized carbons (Fsp3) is 0.577. The van der Waals surface area contributed by atoms with Gasteiger partial charge in [-0.05, 0) is 76.1 Å². The number of ether oxygens (including phenoxy) is 1. The van der Waals surface area contributed by atoms with E-state index in [0.29, 0.717) is 11.5 Å². The number of nitrogens with zero attached hydrogens (tertiary/aromatic N) is 4. The second-order valence-corrected chi connectivity index (χ2v) is 11.2. The van der Waals surface area contributed by atoms with Gasteiger partial charge in [-0.3, -0.25) is 4.79 Å². The number of halogens is 3. The average Bonchev–Trinajstić information content (AvgIpc) is 3.39. The van der Waals surface area contributed by atoms with Crippen LogP contribution in [-0.2, 0) is 12.8 Å². The highest BCUT2D eigenvalue weighted by Crippen LogP contribution is 2.31. The van der Waals surface area contributed by atoms with E-state index in [1.807, 2.05) is 31.3 Å². The van der Waals surface area contributed by atoms with Gasteiger partial charge in [0.15, 0.2) is 6.61 Å². The van der Waals surface area contributed by atoms with Crippen molar-refractivity contribution in [2.24, 2.45) is 5.92 Å². The molecule has 0 aromatic carbocycles. The van der Waals surface area contributed by atoms with E-state index in [0.717, 1.165) is 86.4 Å². The third-order valence-electron chi connectivity index (χ3n) is 7.34. The Morgan fingerprint density at radius 3 is 2.78 bits per heavy atom. The molecule has 37 heavy (non-hydrogen) atoms. The summed E-state index contributed by atoms with van der Waals surface area (Å²) < 4.78 is 43.8. The fourth-order valence-electron chi connectivity index (χ4n) is 5.37. The standard InChI is InChI=1S/C26H32F3N5O2S/c1-17-15-22-20(3-2-11-34(22)32-17)24(35)30-19-6-4-18(5-7-19)8-12-33-13-9-21-23(10-14-33)37-25(31-21)36-16-26(27,28)29/h2-3,11,15,18-19H,4-10,12-14,16H2,1H3,(H,30,35)/t18-,19-.